The first kappa shape index (κ1) is 7.40. The lowest BCUT2D eigenvalue weighted by Crippen LogP contribution is -2.18. The summed E-state index contributed by atoms with van der Waals surface area (Å²) < 4.78 is 0. The van der Waals surface area contributed by atoms with Gasteiger partial charge in [0.05, 0.1) is 17.6 Å². The van der Waals surface area contributed by atoms with Crippen molar-refractivity contribution < 1.29 is 0 Å². The summed E-state index contributed by atoms with van der Waals surface area (Å²) in [5, 5.41) is 0. The molecule has 0 atom stereocenters. The minimum Gasteiger partial charge on any atom is -0.396 e. The third kappa shape index (κ3) is 1.22. The number of pyridine rings is 1. The summed E-state index contributed by atoms with van der Waals surface area (Å²) in [7, 11) is 0. The molecule has 3 heteroatoms. The second-order valence-electron chi connectivity index (χ2n) is 3.13. The lowest BCUT2D eigenvalue weighted by Gasteiger charge is -2.18. The number of rotatable bonds is 1. The molecular formula is C9H13N3. The summed E-state index contributed by atoms with van der Waals surface area (Å²) in [5.41, 5.74) is 7.73. The van der Waals surface area contributed by atoms with Crippen LogP contribution in [0.25, 0.3) is 0 Å². The maximum Gasteiger partial charge on any atom is 0.0738 e. The molecule has 1 aromatic rings. The third-order valence-corrected chi connectivity index (χ3v) is 2.27. The summed E-state index contributed by atoms with van der Waals surface area (Å²) in [6.07, 6.45) is 6.07. The van der Waals surface area contributed by atoms with Gasteiger partial charge in [-0.15, -0.1) is 0 Å². The van der Waals surface area contributed by atoms with Crippen molar-refractivity contribution in [3.63, 3.8) is 0 Å². The molecule has 1 fully saturated rings. The van der Waals surface area contributed by atoms with Gasteiger partial charge in [0.15, 0.2) is 0 Å². The third-order valence-electron chi connectivity index (χ3n) is 2.27. The number of nitrogens with zero attached hydrogens (tertiary/aromatic N) is 2. The number of aromatic nitrogens is 1. The molecule has 2 N–H and O–H groups in total. The lowest BCUT2D eigenvalue weighted by molar-refractivity contribution is 0.949. The SMILES string of the molecule is Nc1cnccc1N1CCCC1. The minimum absolute atomic E-state index is 0.791. The molecule has 0 aromatic carbocycles. The highest BCUT2D eigenvalue weighted by Crippen LogP contribution is 2.24. The van der Waals surface area contributed by atoms with E-state index in [4.69, 9.17) is 5.73 Å². The Morgan fingerprint density at radius 3 is 2.75 bits per heavy atom. The molecular weight excluding hydrogens is 150 g/mol. The average molecular weight is 163 g/mol. The van der Waals surface area contributed by atoms with Crippen LogP contribution in [0.5, 0.6) is 0 Å². The van der Waals surface area contributed by atoms with Crippen molar-refractivity contribution in [1.29, 1.82) is 0 Å². The Bertz CT molecular complexity index is 266. The van der Waals surface area contributed by atoms with E-state index in [1.165, 1.54) is 12.8 Å². The van der Waals surface area contributed by atoms with Crippen LogP contribution in [0.15, 0.2) is 18.5 Å². The van der Waals surface area contributed by atoms with Gasteiger partial charge in [0, 0.05) is 19.3 Å². The zero-order chi connectivity index (χ0) is 8.39. The summed E-state index contributed by atoms with van der Waals surface area (Å²) in [6, 6.07) is 1.99. The predicted molar refractivity (Wildman–Crippen MR) is 50.1 cm³/mol. The fourth-order valence-electron chi connectivity index (χ4n) is 1.65. The van der Waals surface area contributed by atoms with Crippen LogP contribution in [0.3, 0.4) is 0 Å². The molecule has 1 aliphatic heterocycles. The van der Waals surface area contributed by atoms with Gasteiger partial charge in [0.1, 0.15) is 0 Å². The van der Waals surface area contributed by atoms with Crippen molar-refractivity contribution >= 4 is 11.4 Å². The molecule has 0 bridgehead atoms. The molecule has 0 spiro atoms. The first-order valence-corrected chi connectivity index (χ1v) is 4.32. The highest BCUT2D eigenvalue weighted by atomic mass is 15.2. The molecule has 0 unspecified atom stereocenters. The van der Waals surface area contributed by atoms with Crippen LogP contribution in [0.2, 0.25) is 0 Å². The summed E-state index contributed by atoms with van der Waals surface area (Å²) in [4.78, 5) is 6.28. The van der Waals surface area contributed by atoms with Crippen molar-refractivity contribution in [2.45, 2.75) is 12.8 Å². The molecule has 1 aliphatic rings. The number of anilines is 2. The van der Waals surface area contributed by atoms with Gasteiger partial charge in [-0.05, 0) is 18.9 Å². The fourth-order valence-corrected chi connectivity index (χ4v) is 1.65. The smallest absolute Gasteiger partial charge is 0.0738 e. The Morgan fingerprint density at radius 1 is 1.33 bits per heavy atom. The number of hydrogen-bond donors (Lipinski definition) is 1. The molecule has 0 aliphatic carbocycles. The van der Waals surface area contributed by atoms with E-state index in [0.29, 0.717) is 0 Å². The molecule has 0 radical (unpaired) electrons. The van der Waals surface area contributed by atoms with E-state index in [1.807, 2.05) is 6.07 Å². The second-order valence-corrected chi connectivity index (χ2v) is 3.13. The Balaban J connectivity index is 2.26. The summed E-state index contributed by atoms with van der Waals surface area (Å²) in [6.45, 7) is 2.27. The molecule has 12 heavy (non-hydrogen) atoms. The van der Waals surface area contributed by atoms with Gasteiger partial charge in [-0.25, -0.2) is 0 Å². The lowest BCUT2D eigenvalue weighted by atomic mass is 10.3. The number of nitrogens with two attached hydrogens (primary N) is 1. The van der Waals surface area contributed by atoms with Gasteiger partial charge in [-0.1, -0.05) is 0 Å². The van der Waals surface area contributed by atoms with Crippen LogP contribution in [-0.2, 0) is 0 Å². The Kier molecular flexibility index (Phi) is 1.86. The van der Waals surface area contributed by atoms with Crippen LogP contribution in [0.4, 0.5) is 11.4 Å². The molecule has 2 heterocycles. The number of nitrogen functional groups attached to an aromatic ring is 1. The van der Waals surface area contributed by atoms with E-state index in [2.05, 4.69) is 9.88 Å². The Morgan fingerprint density at radius 2 is 2.08 bits per heavy atom. The van der Waals surface area contributed by atoms with Crippen molar-refractivity contribution in [2.24, 2.45) is 0 Å². The minimum atomic E-state index is 0.791. The van der Waals surface area contributed by atoms with Crippen molar-refractivity contribution in [3.8, 4) is 0 Å². The van der Waals surface area contributed by atoms with Gasteiger partial charge in [0.25, 0.3) is 0 Å². The van der Waals surface area contributed by atoms with Crippen LogP contribution in [0.1, 0.15) is 12.8 Å². The van der Waals surface area contributed by atoms with Crippen molar-refractivity contribution in [1.82, 2.24) is 4.98 Å². The average Bonchev–Trinajstić information content (AvgIpc) is 2.57. The maximum atomic E-state index is 5.80. The van der Waals surface area contributed by atoms with Gasteiger partial charge < -0.3 is 10.6 Å². The van der Waals surface area contributed by atoms with Gasteiger partial charge in [-0.2, -0.15) is 0 Å². The standard InChI is InChI=1S/C9H13N3/c10-8-7-11-4-3-9(8)12-5-1-2-6-12/h3-4,7H,1-2,5-6,10H2. The topological polar surface area (TPSA) is 42.1 Å². The quantitative estimate of drug-likeness (QED) is 0.677. The zero-order valence-corrected chi connectivity index (χ0v) is 7.03. The van der Waals surface area contributed by atoms with E-state index in [0.717, 1.165) is 24.5 Å². The largest absolute Gasteiger partial charge is 0.396 e. The Hall–Kier alpha value is -1.25. The Labute approximate surface area is 72.2 Å². The summed E-state index contributed by atoms with van der Waals surface area (Å²) in [5.74, 6) is 0. The van der Waals surface area contributed by atoms with E-state index >= 15 is 0 Å². The highest BCUT2D eigenvalue weighted by molar-refractivity contribution is 5.66. The molecule has 1 aromatic heterocycles. The first-order valence-electron chi connectivity index (χ1n) is 4.32. The first-order chi connectivity index (χ1) is 5.88. The zero-order valence-electron chi connectivity index (χ0n) is 7.03. The monoisotopic (exact) mass is 163 g/mol. The molecule has 0 saturated carbocycles. The summed E-state index contributed by atoms with van der Waals surface area (Å²) >= 11 is 0. The predicted octanol–water partition coefficient (Wildman–Crippen LogP) is 1.26. The molecule has 0 amide bonds. The van der Waals surface area contributed by atoms with Gasteiger partial charge >= 0.3 is 0 Å². The molecule has 64 valence electrons. The van der Waals surface area contributed by atoms with Gasteiger partial charge in [-0.3, -0.25) is 4.98 Å². The van der Waals surface area contributed by atoms with Crippen LogP contribution in [0, 0.1) is 0 Å². The van der Waals surface area contributed by atoms with Gasteiger partial charge in [0.2, 0.25) is 0 Å². The van der Waals surface area contributed by atoms with Crippen LogP contribution in [-0.4, -0.2) is 18.1 Å². The van der Waals surface area contributed by atoms with E-state index in [9.17, 15) is 0 Å². The van der Waals surface area contributed by atoms with Crippen molar-refractivity contribution in [3.05, 3.63) is 18.5 Å². The second kappa shape index (κ2) is 3.01. The van der Waals surface area contributed by atoms with E-state index in [1.54, 1.807) is 12.4 Å². The van der Waals surface area contributed by atoms with Crippen LogP contribution < -0.4 is 10.6 Å². The molecule has 3 nitrogen and oxygen atoms in total. The highest BCUT2D eigenvalue weighted by Gasteiger charge is 2.13. The van der Waals surface area contributed by atoms with E-state index in [-0.39, 0.29) is 0 Å². The maximum absolute atomic E-state index is 5.80. The van der Waals surface area contributed by atoms with Crippen molar-refractivity contribution in [2.75, 3.05) is 23.7 Å². The van der Waals surface area contributed by atoms with E-state index < -0.39 is 0 Å². The molecule has 2 rings (SSSR count). The van der Waals surface area contributed by atoms with Crippen LogP contribution >= 0.6 is 0 Å². The fraction of sp³-hybridized carbons (Fsp3) is 0.444. The molecule has 1 saturated heterocycles. The number of hydrogen-bond acceptors (Lipinski definition) is 3. The normalized spacial score (nSPS) is 16.8.